The molecular formula is C36H60O7. The summed E-state index contributed by atoms with van der Waals surface area (Å²) in [5.74, 6) is 1.48. The lowest BCUT2D eigenvalue weighted by Crippen LogP contribution is -2.67. The molecule has 0 amide bonds. The fraction of sp³-hybridized carbons (Fsp3) is 0.889. The number of hydrogen-bond donors (Lipinski definition) is 5. The lowest BCUT2D eigenvalue weighted by atomic mass is 9.35. The molecule has 4 aliphatic carbocycles. The van der Waals surface area contributed by atoms with E-state index in [9.17, 15) is 25.5 Å². The number of rotatable bonds is 6. The van der Waals surface area contributed by atoms with Crippen molar-refractivity contribution >= 4 is 0 Å². The van der Waals surface area contributed by atoms with Crippen LogP contribution in [0.3, 0.4) is 0 Å². The smallest absolute Gasteiger partial charge is 0.186 e. The second kappa shape index (κ2) is 11.8. The average Bonchev–Trinajstić information content (AvgIpc) is 3.31. The molecule has 5 N–H and O–H groups in total. The first-order valence-electron chi connectivity index (χ1n) is 17.0. The van der Waals surface area contributed by atoms with Gasteiger partial charge in [-0.25, -0.2) is 0 Å². The van der Waals surface area contributed by atoms with E-state index in [2.05, 4.69) is 67.5 Å². The minimum absolute atomic E-state index is 0.0348. The molecule has 0 aromatic heterocycles. The van der Waals surface area contributed by atoms with Crippen LogP contribution in [0.2, 0.25) is 0 Å². The molecule has 7 nitrogen and oxygen atoms in total. The van der Waals surface area contributed by atoms with Crippen molar-refractivity contribution in [2.45, 2.75) is 150 Å². The molecule has 4 saturated carbocycles. The molecule has 1 heterocycles. The molecule has 43 heavy (non-hydrogen) atoms. The van der Waals surface area contributed by atoms with Crippen LogP contribution in [0.1, 0.15) is 107 Å². The first-order chi connectivity index (χ1) is 20.0. The normalized spacial score (nSPS) is 51.3. The largest absolute Gasteiger partial charge is 0.394 e. The third-order valence-electron chi connectivity index (χ3n) is 14.0. The molecule has 0 unspecified atom stereocenters. The van der Waals surface area contributed by atoms with Gasteiger partial charge in [0.15, 0.2) is 6.29 Å². The highest BCUT2D eigenvalue weighted by atomic mass is 16.7. The Morgan fingerprint density at radius 2 is 1.49 bits per heavy atom. The van der Waals surface area contributed by atoms with E-state index in [0.717, 1.165) is 51.4 Å². The topological polar surface area (TPSA) is 120 Å². The van der Waals surface area contributed by atoms with Crippen molar-refractivity contribution in [2.24, 2.45) is 45.3 Å². The SMILES string of the molecule is CC(C)=CC/C=C(\C)[C@H]1CC[C@@]2(C)[C@H]1[C@@H](O)C[C@H]1[C@@]3(C)CC[C@H](O[C@@H]4O[C@H](CO)[C@@H](O)[C@H](O)[C@@H]4O)C(C)(C)[C@@H]3CC[C@]12C. The molecule has 0 bridgehead atoms. The van der Waals surface area contributed by atoms with Gasteiger partial charge in [0.05, 0.1) is 18.8 Å². The molecule has 1 saturated heterocycles. The van der Waals surface area contributed by atoms with Gasteiger partial charge in [-0.05, 0) is 117 Å². The zero-order valence-electron chi connectivity index (χ0n) is 27.9. The third-order valence-corrected chi connectivity index (χ3v) is 14.0. The molecule has 5 rings (SSSR count). The van der Waals surface area contributed by atoms with Crippen LogP contribution in [0.4, 0.5) is 0 Å². The standard InChI is InChI=1S/C36H60O7/c1-20(2)10-9-11-21(3)22-12-16-36(8)28(22)23(38)18-26-34(6)15-14-27(33(4,5)25(34)13-17-35(26,36)7)43-32-31(41)30(40)29(39)24(19-37)42-32/h10-11,22-32,37-41H,9,12-19H2,1-8H3/b21-11+/t22-,23+,24-,25+,26+,27+,28-,29-,30+,31+,32+,34+,35-,36+/m1/s1. The second-order valence-electron chi connectivity index (χ2n) is 16.6. The predicted molar refractivity (Wildman–Crippen MR) is 167 cm³/mol. The maximum atomic E-state index is 12.0. The molecule has 14 atom stereocenters. The van der Waals surface area contributed by atoms with Crippen molar-refractivity contribution < 1.29 is 35.0 Å². The van der Waals surface area contributed by atoms with Crippen molar-refractivity contribution in [3.05, 3.63) is 23.3 Å². The van der Waals surface area contributed by atoms with Gasteiger partial charge in [-0.1, -0.05) is 57.9 Å². The number of hydrogen-bond acceptors (Lipinski definition) is 7. The molecule has 1 aliphatic heterocycles. The van der Waals surface area contributed by atoms with E-state index in [1.54, 1.807) is 0 Å². The summed E-state index contributed by atoms with van der Waals surface area (Å²) < 4.78 is 12.2. The van der Waals surface area contributed by atoms with Gasteiger partial charge in [0, 0.05) is 0 Å². The van der Waals surface area contributed by atoms with Crippen LogP contribution < -0.4 is 0 Å². The summed E-state index contributed by atoms with van der Waals surface area (Å²) in [7, 11) is 0. The van der Waals surface area contributed by atoms with Gasteiger partial charge in [-0.15, -0.1) is 0 Å². The number of ether oxygens (including phenoxy) is 2. The quantitative estimate of drug-likeness (QED) is 0.211. The number of allylic oxidation sites excluding steroid dienone is 4. The molecular weight excluding hydrogens is 544 g/mol. The van der Waals surface area contributed by atoms with Crippen LogP contribution in [0.15, 0.2) is 23.3 Å². The van der Waals surface area contributed by atoms with E-state index in [0.29, 0.717) is 17.8 Å². The highest BCUT2D eigenvalue weighted by Crippen LogP contribution is 2.75. The second-order valence-corrected chi connectivity index (χ2v) is 16.6. The molecule has 246 valence electrons. The molecule has 0 spiro atoms. The molecule has 0 aromatic carbocycles. The van der Waals surface area contributed by atoms with Crippen molar-refractivity contribution in [1.82, 2.24) is 0 Å². The Labute approximate surface area is 259 Å². The fourth-order valence-corrected chi connectivity index (χ4v) is 11.5. The van der Waals surface area contributed by atoms with E-state index >= 15 is 0 Å². The summed E-state index contributed by atoms with van der Waals surface area (Å²) in [6, 6.07) is 0. The summed E-state index contributed by atoms with van der Waals surface area (Å²) in [5.41, 5.74) is 2.80. The maximum absolute atomic E-state index is 12.0. The molecule has 5 aliphatic rings. The van der Waals surface area contributed by atoms with Crippen molar-refractivity contribution in [3.63, 3.8) is 0 Å². The van der Waals surface area contributed by atoms with Crippen LogP contribution in [-0.4, -0.2) is 75.1 Å². The van der Waals surface area contributed by atoms with Gasteiger partial charge in [0.2, 0.25) is 0 Å². The Bertz CT molecular complexity index is 1080. The Balaban J connectivity index is 1.38. The summed E-state index contributed by atoms with van der Waals surface area (Å²) in [6.07, 6.45) is 5.90. The molecule has 0 radical (unpaired) electrons. The van der Waals surface area contributed by atoms with Crippen LogP contribution in [0.5, 0.6) is 0 Å². The first-order valence-corrected chi connectivity index (χ1v) is 17.0. The highest BCUT2D eigenvalue weighted by molar-refractivity contribution is 5.23. The summed E-state index contributed by atoms with van der Waals surface area (Å²) >= 11 is 0. The van der Waals surface area contributed by atoms with Gasteiger partial charge < -0.3 is 35.0 Å². The maximum Gasteiger partial charge on any atom is 0.186 e. The zero-order chi connectivity index (χ0) is 31.7. The molecule has 7 heteroatoms. The average molecular weight is 605 g/mol. The first kappa shape index (κ1) is 33.6. The van der Waals surface area contributed by atoms with E-state index in [1.165, 1.54) is 11.1 Å². The molecule has 0 aromatic rings. The monoisotopic (exact) mass is 604 g/mol. The van der Waals surface area contributed by atoms with Crippen molar-refractivity contribution in [3.8, 4) is 0 Å². The fourth-order valence-electron chi connectivity index (χ4n) is 11.5. The van der Waals surface area contributed by atoms with Crippen LogP contribution in [0.25, 0.3) is 0 Å². The third kappa shape index (κ3) is 5.21. The van der Waals surface area contributed by atoms with Gasteiger partial charge >= 0.3 is 0 Å². The van der Waals surface area contributed by atoms with Crippen molar-refractivity contribution in [1.29, 1.82) is 0 Å². The van der Waals surface area contributed by atoms with E-state index in [-0.39, 0.29) is 39.8 Å². The van der Waals surface area contributed by atoms with Crippen molar-refractivity contribution in [2.75, 3.05) is 6.61 Å². The lowest BCUT2D eigenvalue weighted by molar-refractivity contribution is -0.331. The minimum Gasteiger partial charge on any atom is -0.394 e. The Kier molecular flexibility index (Phi) is 9.19. The van der Waals surface area contributed by atoms with Gasteiger partial charge in [0.1, 0.15) is 24.4 Å². The van der Waals surface area contributed by atoms with Gasteiger partial charge in [-0.3, -0.25) is 0 Å². The Morgan fingerprint density at radius 1 is 0.814 bits per heavy atom. The number of fused-ring (bicyclic) bond motifs is 5. The zero-order valence-corrected chi connectivity index (χ0v) is 27.9. The summed E-state index contributed by atoms with van der Waals surface area (Å²) in [5, 5.41) is 52.9. The number of aliphatic hydroxyl groups excluding tert-OH is 5. The number of aliphatic hydroxyl groups is 5. The van der Waals surface area contributed by atoms with Crippen LogP contribution in [0, 0.1) is 45.3 Å². The summed E-state index contributed by atoms with van der Waals surface area (Å²) in [6.45, 7) is 18.2. The van der Waals surface area contributed by atoms with E-state index < -0.39 is 37.3 Å². The minimum atomic E-state index is -1.44. The van der Waals surface area contributed by atoms with Crippen LogP contribution in [-0.2, 0) is 9.47 Å². The van der Waals surface area contributed by atoms with E-state index in [4.69, 9.17) is 9.47 Å². The van der Waals surface area contributed by atoms with Gasteiger partial charge in [-0.2, -0.15) is 0 Å². The van der Waals surface area contributed by atoms with E-state index in [1.807, 2.05) is 0 Å². The molecule has 5 fully saturated rings. The Morgan fingerprint density at radius 3 is 2.14 bits per heavy atom. The van der Waals surface area contributed by atoms with Gasteiger partial charge in [0.25, 0.3) is 0 Å². The Hall–Kier alpha value is -0.800. The van der Waals surface area contributed by atoms with Crippen LogP contribution >= 0.6 is 0 Å². The summed E-state index contributed by atoms with van der Waals surface area (Å²) in [4.78, 5) is 0. The predicted octanol–water partition coefficient (Wildman–Crippen LogP) is 5.13. The highest BCUT2D eigenvalue weighted by Gasteiger charge is 2.70. The lowest BCUT2D eigenvalue weighted by Gasteiger charge is -2.70.